The van der Waals surface area contributed by atoms with E-state index in [4.69, 9.17) is 0 Å². The highest BCUT2D eigenvalue weighted by Gasteiger charge is 2.22. The summed E-state index contributed by atoms with van der Waals surface area (Å²) in [4.78, 5) is 2.73. The summed E-state index contributed by atoms with van der Waals surface area (Å²) in [7, 11) is 0. The Kier molecular flexibility index (Phi) is 2.47. The molecule has 1 nitrogen and oxygen atoms in total. The fourth-order valence-electron chi connectivity index (χ4n) is 2.55. The van der Waals surface area contributed by atoms with E-state index in [2.05, 4.69) is 4.90 Å². The van der Waals surface area contributed by atoms with Crippen LogP contribution < -0.4 is 0 Å². The van der Waals surface area contributed by atoms with E-state index in [1.165, 1.54) is 58.0 Å². The molecule has 0 amide bonds. The molecule has 2 heterocycles. The Hall–Kier alpha value is -0.0400. The predicted octanol–water partition coefficient (Wildman–Crippen LogP) is 2.41. The molecule has 0 saturated carbocycles. The Labute approximate surface area is 69.8 Å². The van der Waals surface area contributed by atoms with Gasteiger partial charge in [-0.15, -0.1) is 0 Å². The van der Waals surface area contributed by atoms with Gasteiger partial charge in [-0.1, -0.05) is 19.3 Å². The van der Waals surface area contributed by atoms with Crippen LogP contribution in [-0.2, 0) is 0 Å². The zero-order valence-electron chi connectivity index (χ0n) is 7.39. The minimum Gasteiger partial charge on any atom is -0.300 e. The third-order valence-electron chi connectivity index (χ3n) is 3.23. The van der Waals surface area contributed by atoms with Crippen molar-refractivity contribution in [1.29, 1.82) is 0 Å². The molecule has 0 aromatic rings. The van der Waals surface area contributed by atoms with Crippen molar-refractivity contribution in [3.05, 3.63) is 0 Å². The van der Waals surface area contributed by atoms with Crippen LogP contribution in [0.4, 0.5) is 0 Å². The van der Waals surface area contributed by atoms with E-state index in [-0.39, 0.29) is 0 Å². The van der Waals surface area contributed by atoms with Gasteiger partial charge in [0.15, 0.2) is 0 Å². The first kappa shape index (κ1) is 7.60. The summed E-state index contributed by atoms with van der Waals surface area (Å²) in [5.41, 5.74) is 0. The predicted molar refractivity (Wildman–Crippen MR) is 47.7 cm³/mol. The van der Waals surface area contributed by atoms with Crippen molar-refractivity contribution >= 4 is 0 Å². The maximum Gasteiger partial charge on any atom is 0.00952 e. The topological polar surface area (TPSA) is 3.24 Å². The fourth-order valence-corrected chi connectivity index (χ4v) is 2.55. The molecule has 1 unspecified atom stereocenters. The second kappa shape index (κ2) is 3.57. The lowest BCUT2D eigenvalue weighted by atomic mass is 9.99. The zero-order valence-corrected chi connectivity index (χ0v) is 7.39. The van der Waals surface area contributed by atoms with Gasteiger partial charge in [-0.25, -0.2) is 0 Å². The van der Waals surface area contributed by atoms with Crippen LogP contribution in [0.25, 0.3) is 0 Å². The molecule has 0 aliphatic carbocycles. The van der Waals surface area contributed by atoms with Crippen LogP contribution >= 0.6 is 0 Å². The molecule has 0 N–H and O–H groups in total. The summed E-state index contributed by atoms with van der Waals surface area (Å²) in [6.07, 6.45) is 10.3. The normalized spacial score (nSPS) is 34.4. The third-order valence-corrected chi connectivity index (χ3v) is 3.23. The molecule has 0 spiro atoms. The zero-order chi connectivity index (χ0) is 7.52. The van der Waals surface area contributed by atoms with E-state index < -0.39 is 0 Å². The first-order chi connectivity index (χ1) is 5.47. The average Bonchev–Trinajstić information content (AvgIpc) is 2.28. The van der Waals surface area contributed by atoms with Crippen LogP contribution in [0.5, 0.6) is 0 Å². The van der Waals surface area contributed by atoms with Gasteiger partial charge in [0.05, 0.1) is 0 Å². The SMILES string of the molecule is C1CCC2CCCCN2CC1. The summed E-state index contributed by atoms with van der Waals surface area (Å²) < 4.78 is 0. The summed E-state index contributed by atoms with van der Waals surface area (Å²) in [5, 5.41) is 0. The fraction of sp³-hybridized carbons (Fsp3) is 1.00. The molecule has 0 aromatic heterocycles. The van der Waals surface area contributed by atoms with Gasteiger partial charge in [-0.2, -0.15) is 0 Å². The molecule has 1 heteroatoms. The molecule has 64 valence electrons. The van der Waals surface area contributed by atoms with Crippen LogP contribution in [0, 0.1) is 0 Å². The van der Waals surface area contributed by atoms with Crippen molar-refractivity contribution in [1.82, 2.24) is 4.90 Å². The third kappa shape index (κ3) is 1.76. The number of fused-ring (bicyclic) bond motifs is 1. The Morgan fingerprint density at radius 1 is 0.727 bits per heavy atom. The Bertz CT molecular complexity index is 108. The molecule has 11 heavy (non-hydrogen) atoms. The lowest BCUT2D eigenvalue weighted by Gasteiger charge is -2.33. The van der Waals surface area contributed by atoms with E-state index in [1.54, 1.807) is 0 Å². The van der Waals surface area contributed by atoms with Crippen molar-refractivity contribution < 1.29 is 0 Å². The molecule has 2 saturated heterocycles. The Morgan fingerprint density at radius 3 is 2.18 bits per heavy atom. The van der Waals surface area contributed by atoms with Crippen molar-refractivity contribution in [2.75, 3.05) is 13.1 Å². The molecular formula is C10H19N. The van der Waals surface area contributed by atoms with E-state index in [9.17, 15) is 0 Å². The van der Waals surface area contributed by atoms with E-state index in [0.29, 0.717) is 0 Å². The van der Waals surface area contributed by atoms with Gasteiger partial charge in [0, 0.05) is 6.04 Å². The van der Waals surface area contributed by atoms with E-state index in [1.807, 2.05) is 0 Å². The number of rotatable bonds is 0. The van der Waals surface area contributed by atoms with E-state index in [0.717, 1.165) is 6.04 Å². The van der Waals surface area contributed by atoms with Crippen LogP contribution in [0.1, 0.15) is 44.9 Å². The molecule has 1 atom stereocenters. The molecule has 2 aliphatic heterocycles. The monoisotopic (exact) mass is 153 g/mol. The van der Waals surface area contributed by atoms with Crippen molar-refractivity contribution in [2.24, 2.45) is 0 Å². The van der Waals surface area contributed by atoms with Gasteiger partial charge in [-0.3, -0.25) is 0 Å². The first-order valence-electron chi connectivity index (χ1n) is 5.21. The summed E-state index contributed by atoms with van der Waals surface area (Å²) in [6.45, 7) is 2.79. The maximum absolute atomic E-state index is 2.73. The molecule has 0 radical (unpaired) electrons. The van der Waals surface area contributed by atoms with Gasteiger partial charge in [0.25, 0.3) is 0 Å². The highest BCUT2D eigenvalue weighted by atomic mass is 15.2. The highest BCUT2D eigenvalue weighted by Crippen LogP contribution is 2.24. The Morgan fingerprint density at radius 2 is 1.36 bits per heavy atom. The number of hydrogen-bond acceptors (Lipinski definition) is 1. The molecule has 2 rings (SSSR count). The van der Waals surface area contributed by atoms with Crippen molar-refractivity contribution in [3.8, 4) is 0 Å². The second-order valence-corrected chi connectivity index (χ2v) is 4.03. The van der Waals surface area contributed by atoms with Crippen LogP contribution in [0.2, 0.25) is 0 Å². The van der Waals surface area contributed by atoms with E-state index >= 15 is 0 Å². The molecule has 2 aliphatic rings. The highest BCUT2D eigenvalue weighted by molar-refractivity contribution is 4.78. The van der Waals surface area contributed by atoms with Gasteiger partial charge in [0.1, 0.15) is 0 Å². The van der Waals surface area contributed by atoms with Crippen LogP contribution in [0.15, 0.2) is 0 Å². The summed E-state index contributed by atoms with van der Waals surface area (Å²) in [6, 6.07) is 0.978. The second-order valence-electron chi connectivity index (χ2n) is 4.03. The lowest BCUT2D eigenvalue weighted by Crippen LogP contribution is -2.38. The van der Waals surface area contributed by atoms with Gasteiger partial charge < -0.3 is 4.90 Å². The average molecular weight is 153 g/mol. The smallest absolute Gasteiger partial charge is 0.00952 e. The molecule has 0 bridgehead atoms. The summed E-state index contributed by atoms with van der Waals surface area (Å²) >= 11 is 0. The minimum absolute atomic E-state index is 0.978. The quantitative estimate of drug-likeness (QED) is 0.516. The van der Waals surface area contributed by atoms with Crippen molar-refractivity contribution in [3.63, 3.8) is 0 Å². The van der Waals surface area contributed by atoms with Gasteiger partial charge in [-0.05, 0) is 38.8 Å². The van der Waals surface area contributed by atoms with Crippen LogP contribution in [-0.4, -0.2) is 24.0 Å². The molecule has 2 fully saturated rings. The maximum atomic E-state index is 2.73. The molecule has 0 aromatic carbocycles. The molecular weight excluding hydrogens is 134 g/mol. The van der Waals surface area contributed by atoms with Gasteiger partial charge >= 0.3 is 0 Å². The largest absolute Gasteiger partial charge is 0.300 e. The lowest BCUT2D eigenvalue weighted by molar-refractivity contribution is 0.152. The standard InChI is InChI=1S/C10H19N/c1-2-6-10-7-3-5-9-11(10)8-4-1/h10H,1-9H2. The Balaban J connectivity index is 1.93. The number of piperidine rings is 1. The minimum atomic E-state index is 0.978. The first-order valence-corrected chi connectivity index (χ1v) is 5.21. The summed E-state index contributed by atoms with van der Waals surface area (Å²) in [5.74, 6) is 0. The van der Waals surface area contributed by atoms with Crippen LogP contribution in [0.3, 0.4) is 0 Å². The number of hydrogen-bond donors (Lipinski definition) is 0. The van der Waals surface area contributed by atoms with Crippen molar-refractivity contribution in [2.45, 2.75) is 51.0 Å². The van der Waals surface area contributed by atoms with Gasteiger partial charge in [0.2, 0.25) is 0 Å². The number of nitrogens with zero attached hydrogens (tertiary/aromatic N) is 1.